The first-order valence-corrected chi connectivity index (χ1v) is 12.3. The van der Waals surface area contributed by atoms with Gasteiger partial charge in [-0.05, 0) is 41.3 Å². The highest BCUT2D eigenvalue weighted by atomic mass is 32.2. The van der Waals surface area contributed by atoms with E-state index in [1.54, 1.807) is 60.0 Å². The second-order valence-electron chi connectivity index (χ2n) is 7.30. The fourth-order valence-corrected chi connectivity index (χ4v) is 5.45. The molecule has 0 saturated carbocycles. The van der Waals surface area contributed by atoms with Gasteiger partial charge in [-0.2, -0.15) is 5.10 Å². The Morgan fingerprint density at radius 3 is 2.64 bits per heavy atom. The number of aromatic nitrogens is 4. The van der Waals surface area contributed by atoms with Gasteiger partial charge in [0.05, 0.1) is 23.9 Å². The Morgan fingerprint density at radius 1 is 1.03 bits per heavy atom. The van der Waals surface area contributed by atoms with E-state index in [1.807, 2.05) is 31.4 Å². The summed E-state index contributed by atoms with van der Waals surface area (Å²) in [6.07, 6.45) is 6.95. The Balaban J connectivity index is 1.57. The first-order valence-electron chi connectivity index (χ1n) is 9.93. The van der Waals surface area contributed by atoms with Crippen molar-refractivity contribution in [1.29, 1.82) is 0 Å². The molecule has 3 aromatic heterocycles. The van der Waals surface area contributed by atoms with E-state index in [0.29, 0.717) is 16.6 Å². The van der Waals surface area contributed by atoms with Crippen LogP contribution < -0.4 is 9.46 Å². The second kappa shape index (κ2) is 8.30. The van der Waals surface area contributed by atoms with Gasteiger partial charge in [0.2, 0.25) is 0 Å². The van der Waals surface area contributed by atoms with Gasteiger partial charge in [0.15, 0.2) is 5.13 Å². The number of thiazole rings is 1. The van der Waals surface area contributed by atoms with Gasteiger partial charge in [-0.25, -0.2) is 13.4 Å². The van der Waals surface area contributed by atoms with Crippen molar-refractivity contribution >= 4 is 37.3 Å². The number of sulfonamides is 1. The first kappa shape index (κ1) is 21.1. The summed E-state index contributed by atoms with van der Waals surface area (Å²) in [5.74, 6) is 0.665. The largest absolute Gasteiger partial charge is 0.496 e. The molecule has 0 unspecified atom stereocenters. The molecule has 0 aliphatic carbocycles. The van der Waals surface area contributed by atoms with Gasteiger partial charge < -0.3 is 4.74 Å². The molecule has 10 heteroatoms. The number of anilines is 1. The molecular formula is C23H19N5O3S2. The van der Waals surface area contributed by atoms with E-state index in [1.165, 1.54) is 11.3 Å². The van der Waals surface area contributed by atoms with Crippen molar-refractivity contribution in [3.63, 3.8) is 0 Å². The lowest BCUT2D eigenvalue weighted by molar-refractivity contribution is 0.416. The van der Waals surface area contributed by atoms with Crippen LogP contribution in [0.4, 0.5) is 5.13 Å². The summed E-state index contributed by atoms with van der Waals surface area (Å²) >= 11 is 1.22. The Bertz CT molecular complexity index is 1560. The highest BCUT2D eigenvalue weighted by Crippen LogP contribution is 2.37. The first-order chi connectivity index (χ1) is 15.9. The number of pyridine rings is 1. The molecule has 3 heterocycles. The molecule has 166 valence electrons. The SMILES string of the molecule is COc1cc(-c2cnn(C)c2)ccc1-c1nccc2cc(S(=O)(=O)Nc3nccs3)ccc12. The maximum absolute atomic E-state index is 12.8. The third kappa shape index (κ3) is 4.06. The van der Waals surface area contributed by atoms with Crippen molar-refractivity contribution in [3.8, 4) is 28.1 Å². The molecule has 8 nitrogen and oxygen atoms in total. The smallest absolute Gasteiger partial charge is 0.263 e. The average molecular weight is 478 g/mol. The molecule has 5 rings (SSSR count). The molecular weight excluding hydrogens is 458 g/mol. The Labute approximate surface area is 194 Å². The standard InChI is InChI=1S/C23H19N5O3S2/c1-28-14-17(13-26-28)15-3-5-20(21(12-15)31-2)22-19-6-4-18(11-16(19)7-8-24-22)33(29,30)27-23-25-9-10-32-23/h3-14H,1-2H3,(H,25,27). The van der Waals surface area contributed by atoms with Gasteiger partial charge in [-0.3, -0.25) is 14.4 Å². The number of benzene rings is 2. The molecule has 0 saturated heterocycles. The van der Waals surface area contributed by atoms with Gasteiger partial charge in [0, 0.05) is 47.5 Å². The van der Waals surface area contributed by atoms with Crippen molar-refractivity contribution in [1.82, 2.24) is 19.7 Å². The van der Waals surface area contributed by atoms with E-state index < -0.39 is 10.0 Å². The van der Waals surface area contributed by atoms with E-state index in [0.717, 1.165) is 27.5 Å². The van der Waals surface area contributed by atoms with E-state index >= 15 is 0 Å². The topological polar surface area (TPSA) is 99.0 Å². The van der Waals surface area contributed by atoms with Crippen LogP contribution in [0.25, 0.3) is 33.2 Å². The van der Waals surface area contributed by atoms with Crippen molar-refractivity contribution in [2.24, 2.45) is 7.05 Å². The highest BCUT2D eigenvalue weighted by molar-refractivity contribution is 7.93. The average Bonchev–Trinajstić information content (AvgIpc) is 3.49. The van der Waals surface area contributed by atoms with E-state index in [-0.39, 0.29) is 4.90 Å². The Morgan fingerprint density at radius 2 is 1.91 bits per heavy atom. The lowest BCUT2D eigenvalue weighted by Gasteiger charge is -2.13. The normalized spacial score (nSPS) is 11.6. The molecule has 5 aromatic rings. The molecule has 2 aromatic carbocycles. The third-order valence-corrected chi connectivity index (χ3v) is 7.35. The zero-order chi connectivity index (χ0) is 23.0. The zero-order valence-electron chi connectivity index (χ0n) is 17.8. The van der Waals surface area contributed by atoms with Gasteiger partial charge >= 0.3 is 0 Å². The molecule has 0 bridgehead atoms. The minimum Gasteiger partial charge on any atom is -0.496 e. The van der Waals surface area contributed by atoms with Gasteiger partial charge in [0.1, 0.15) is 5.75 Å². The Kier molecular flexibility index (Phi) is 5.31. The van der Waals surface area contributed by atoms with E-state index in [4.69, 9.17) is 4.74 Å². The summed E-state index contributed by atoms with van der Waals surface area (Å²) in [7, 11) is -0.266. The molecule has 0 radical (unpaired) electrons. The van der Waals surface area contributed by atoms with Crippen LogP contribution in [-0.4, -0.2) is 35.3 Å². The maximum Gasteiger partial charge on any atom is 0.263 e. The monoisotopic (exact) mass is 477 g/mol. The van der Waals surface area contributed by atoms with Gasteiger partial charge in [0.25, 0.3) is 10.0 Å². The van der Waals surface area contributed by atoms with Crippen molar-refractivity contribution in [3.05, 3.63) is 72.6 Å². The van der Waals surface area contributed by atoms with Crippen LogP contribution in [0.15, 0.2) is 77.5 Å². The Hall–Kier alpha value is -3.76. The third-order valence-electron chi connectivity index (χ3n) is 5.20. The summed E-state index contributed by atoms with van der Waals surface area (Å²) in [5.41, 5.74) is 3.48. The van der Waals surface area contributed by atoms with E-state index in [9.17, 15) is 8.42 Å². The number of nitrogens with one attached hydrogen (secondary N) is 1. The summed E-state index contributed by atoms with van der Waals surface area (Å²) in [6.45, 7) is 0. The summed E-state index contributed by atoms with van der Waals surface area (Å²) in [5, 5.41) is 7.83. The van der Waals surface area contributed by atoms with Crippen LogP contribution in [0.2, 0.25) is 0 Å². The van der Waals surface area contributed by atoms with Gasteiger partial charge in [-0.15, -0.1) is 11.3 Å². The number of ether oxygens (including phenoxy) is 1. The van der Waals surface area contributed by atoms with Crippen molar-refractivity contribution in [2.75, 3.05) is 11.8 Å². The summed E-state index contributed by atoms with van der Waals surface area (Å²) in [4.78, 5) is 8.72. The van der Waals surface area contributed by atoms with Crippen LogP contribution in [0.1, 0.15) is 0 Å². The number of hydrogen-bond acceptors (Lipinski definition) is 7. The number of nitrogens with zero attached hydrogens (tertiary/aromatic N) is 4. The molecule has 0 spiro atoms. The van der Waals surface area contributed by atoms with Crippen molar-refractivity contribution in [2.45, 2.75) is 4.90 Å². The molecule has 0 amide bonds. The fraction of sp³-hybridized carbons (Fsp3) is 0.0870. The lowest BCUT2D eigenvalue weighted by Crippen LogP contribution is -2.12. The van der Waals surface area contributed by atoms with Crippen LogP contribution in [-0.2, 0) is 17.1 Å². The number of aryl methyl sites for hydroxylation is 1. The van der Waals surface area contributed by atoms with Gasteiger partial charge in [-0.1, -0.05) is 12.1 Å². The number of hydrogen-bond donors (Lipinski definition) is 1. The second-order valence-corrected chi connectivity index (χ2v) is 9.88. The maximum atomic E-state index is 12.8. The minimum absolute atomic E-state index is 0.154. The van der Waals surface area contributed by atoms with Crippen LogP contribution in [0.5, 0.6) is 5.75 Å². The lowest BCUT2D eigenvalue weighted by atomic mass is 10.00. The predicted molar refractivity (Wildman–Crippen MR) is 129 cm³/mol. The van der Waals surface area contributed by atoms with Crippen LogP contribution >= 0.6 is 11.3 Å². The summed E-state index contributed by atoms with van der Waals surface area (Å²) < 4.78 is 35.5. The molecule has 33 heavy (non-hydrogen) atoms. The quantitative estimate of drug-likeness (QED) is 0.385. The summed E-state index contributed by atoms with van der Waals surface area (Å²) in [6, 6.07) is 12.7. The predicted octanol–water partition coefficient (Wildman–Crippen LogP) is 4.57. The molecule has 1 N–H and O–H groups in total. The van der Waals surface area contributed by atoms with Crippen LogP contribution in [0, 0.1) is 0 Å². The molecule has 0 aliphatic heterocycles. The number of methoxy groups -OCH3 is 1. The fourth-order valence-electron chi connectivity index (χ4n) is 3.62. The van der Waals surface area contributed by atoms with E-state index in [2.05, 4.69) is 19.8 Å². The van der Waals surface area contributed by atoms with Crippen LogP contribution in [0.3, 0.4) is 0 Å². The highest BCUT2D eigenvalue weighted by Gasteiger charge is 2.18. The minimum atomic E-state index is -3.75. The molecule has 0 fully saturated rings. The molecule has 0 aliphatic rings. The molecule has 0 atom stereocenters. The number of rotatable bonds is 6. The van der Waals surface area contributed by atoms with Crippen molar-refractivity contribution < 1.29 is 13.2 Å². The zero-order valence-corrected chi connectivity index (χ0v) is 19.4. The number of fused-ring (bicyclic) bond motifs is 1.